The Morgan fingerprint density at radius 2 is 2.04 bits per heavy atom. The smallest absolute Gasteiger partial charge is 0.191 e. The van der Waals surface area contributed by atoms with Crippen molar-refractivity contribution in [2.75, 3.05) is 20.2 Å². The Balaban J connectivity index is 1.99. The molecule has 2 rings (SSSR count). The summed E-state index contributed by atoms with van der Waals surface area (Å²) in [5, 5.41) is 20.7. The summed E-state index contributed by atoms with van der Waals surface area (Å²) in [5.41, 5.74) is 2.90. The van der Waals surface area contributed by atoms with Gasteiger partial charge in [-0.2, -0.15) is 0 Å². The van der Waals surface area contributed by atoms with Crippen molar-refractivity contribution >= 4 is 5.96 Å². The van der Waals surface area contributed by atoms with E-state index in [-0.39, 0.29) is 5.75 Å². The molecule has 0 aliphatic heterocycles. The maximum Gasteiger partial charge on any atom is 0.191 e. The first kappa shape index (κ1) is 20.6. The molecule has 0 bridgehead atoms. The summed E-state index contributed by atoms with van der Waals surface area (Å²) >= 11 is 0. The fourth-order valence-electron chi connectivity index (χ4n) is 2.81. The molecule has 0 unspecified atom stereocenters. The first-order chi connectivity index (χ1) is 13.1. The normalized spacial score (nSPS) is 11.5. The van der Waals surface area contributed by atoms with E-state index >= 15 is 0 Å². The second-order valence-corrected chi connectivity index (χ2v) is 6.10. The van der Waals surface area contributed by atoms with Crippen molar-refractivity contribution in [2.24, 2.45) is 4.99 Å². The van der Waals surface area contributed by atoms with E-state index in [0.29, 0.717) is 25.3 Å². The maximum atomic E-state index is 10.1. The highest BCUT2D eigenvalue weighted by molar-refractivity contribution is 5.79. The molecule has 3 N–H and O–H groups in total. The van der Waals surface area contributed by atoms with Crippen LogP contribution in [-0.4, -0.2) is 36.4 Å². The van der Waals surface area contributed by atoms with Gasteiger partial charge < -0.3 is 25.0 Å². The van der Waals surface area contributed by atoms with Gasteiger partial charge in [0, 0.05) is 31.1 Å². The van der Waals surface area contributed by atoms with Crippen LogP contribution >= 0.6 is 0 Å². The summed E-state index contributed by atoms with van der Waals surface area (Å²) < 4.78 is 10.5. The van der Waals surface area contributed by atoms with Gasteiger partial charge in [0.2, 0.25) is 0 Å². The molecule has 2 aromatic rings. The minimum atomic E-state index is 0.239. The van der Waals surface area contributed by atoms with Crippen molar-refractivity contribution in [3.05, 3.63) is 40.8 Å². The topological polar surface area (TPSA) is 91.9 Å². The number of aromatic hydroxyl groups is 1. The van der Waals surface area contributed by atoms with Crippen LogP contribution in [-0.2, 0) is 25.8 Å². The quantitative estimate of drug-likeness (QED) is 0.462. The van der Waals surface area contributed by atoms with Crippen LogP contribution in [0, 0.1) is 0 Å². The van der Waals surface area contributed by atoms with Crippen LogP contribution in [0.25, 0.3) is 0 Å². The Kier molecular flexibility index (Phi) is 7.98. The number of hydrogen-bond donors (Lipinski definition) is 3. The van der Waals surface area contributed by atoms with Crippen LogP contribution in [0.2, 0.25) is 0 Å². The number of aromatic nitrogens is 1. The molecule has 7 nitrogen and oxygen atoms in total. The second kappa shape index (κ2) is 10.4. The highest BCUT2D eigenvalue weighted by Gasteiger charge is 2.13. The molecule has 0 aliphatic carbocycles. The summed E-state index contributed by atoms with van der Waals surface area (Å²) in [7, 11) is 1.58. The van der Waals surface area contributed by atoms with E-state index in [1.165, 1.54) is 0 Å². The fraction of sp³-hybridized carbons (Fsp3) is 0.500. The zero-order valence-corrected chi connectivity index (χ0v) is 16.6. The summed E-state index contributed by atoms with van der Waals surface area (Å²) in [6, 6.07) is 5.34. The Morgan fingerprint density at radius 3 is 2.67 bits per heavy atom. The predicted octanol–water partition coefficient (Wildman–Crippen LogP) is 2.81. The Bertz CT molecular complexity index is 734. The van der Waals surface area contributed by atoms with Crippen molar-refractivity contribution < 1.29 is 14.4 Å². The SMILES string of the molecule is CCNC(=NCc1c(CC)noc1CC)NCCc1ccc(OC)cc1O. The van der Waals surface area contributed by atoms with Gasteiger partial charge in [0.15, 0.2) is 5.96 Å². The molecule has 0 spiro atoms. The van der Waals surface area contributed by atoms with E-state index in [0.717, 1.165) is 47.9 Å². The number of guanidine groups is 1. The molecule has 1 heterocycles. The monoisotopic (exact) mass is 374 g/mol. The average Bonchev–Trinajstić information content (AvgIpc) is 3.09. The van der Waals surface area contributed by atoms with Crippen LogP contribution in [0.15, 0.2) is 27.7 Å². The number of aliphatic imine (C=N–C) groups is 1. The number of benzene rings is 1. The van der Waals surface area contributed by atoms with Gasteiger partial charge in [-0.25, -0.2) is 4.99 Å². The lowest BCUT2D eigenvalue weighted by atomic mass is 10.1. The van der Waals surface area contributed by atoms with Gasteiger partial charge in [-0.1, -0.05) is 25.1 Å². The summed E-state index contributed by atoms with van der Waals surface area (Å²) in [6.07, 6.45) is 2.31. The lowest BCUT2D eigenvalue weighted by Gasteiger charge is -2.12. The van der Waals surface area contributed by atoms with E-state index in [1.54, 1.807) is 13.2 Å². The van der Waals surface area contributed by atoms with Crippen molar-refractivity contribution in [1.29, 1.82) is 0 Å². The molecule has 0 radical (unpaired) electrons. The number of ether oxygens (including phenoxy) is 1. The van der Waals surface area contributed by atoms with Gasteiger partial charge in [0.1, 0.15) is 17.3 Å². The third kappa shape index (κ3) is 5.64. The molecule has 1 aromatic carbocycles. The zero-order valence-electron chi connectivity index (χ0n) is 16.6. The van der Waals surface area contributed by atoms with Crippen LogP contribution in [0.3, 0.4) is 0 Å². The largest absolute Gasteiger partial charge is 0.508 e. The van der Waals surface area contributed by atoms with Crippen molar-refractivity contribution in [2.45, 2.75) is 46.6 Å². The standard InChI is InChI=1S/C20H30N4O3/c1-5-17-16(19(6-2)27-24-17)13-23-20(21-7-3)22-11-10-14-8-9-15(26-4)12-18(14)25/h8-9,12,25H,5-7,10-11,13H2,1-4H3,(H2,21,22,23). The molecule has 0 atom stereocenters. The fourth-order valence-corrected chi connectivity index (χ4v) is 2.81. The molecule has 1 aromatic heterocycles. The number of phenols is 1. The first-order valence-electron chi connectivity index (χ1n) is 9.47. The van der Waals surface area contributed by atoms with E-state index in [4.69, 9.17) is 9.26 Å². The second-order valence-electron chi connectivity index (χ2n) is 6.10. The van der Waals surface area contributed by atoms with Crippen LogP contribution in [0.1, 0.15) is 43.4 Å². The van der Waals surface area contributed by atoms with Gasteiger partial charge in [-0.15, -0.1) is 0 Å². The van der Waals surface area contributed by atoms with Crippen LogP contribution in [0.4, 0.5) is 0 Å². The molecule has 27 heavy (non-hydrogen) atoms. The minimum absolute atomic E-state index is 0.239. The number of hydrogen-bond acceptors (Lipinski definition) is 5. The summed E-state index contributed by atoms with van der Waals surface area (Å²) in [5.74, 6) is 2.51. The highest BCUT2D eigenvalue weighted by atomic mass is 16.5. The molecular weight excluding hydrogens is 344 g/mol. The molecule has 7 heteroatoms. The third-order valence-electron chi connectivity index (χ3n) is 4.33. The van der Waals surface area contributed by atoms with Crippen molar-refractivity contribution in [3.8, 4) is 11.5 Å². The van der Waals surface area contributed by atoms with Gasteiger partial charge in [-0.3, -0.25) is 0 Å². The molecular formula is C20H30N4O3. The Hall–Kier alpha value is -2.70. The molecule has 0 saturated carbocycles. The van der Waals surface area contributed by atoms with Crippen LogP contribution < -0.4 is 15.4 Å². The van der Waals surface area contributed by atoms with Gasteiger partial charge >= 0.3 is 0 Å². The number of nitrogens with one attached hydrogen (secondary N) is 2. The van der Waals surface area contributed by atoms with Gasteiger partial charge in [-0.05, 0) is 31.4 Å². The number of phenolic OH excluding ortho intramolecular Hbond substituents is 1. The Morgan fingerprint density at radius 1 is 1.22 bits per heavy atom. The highest BCUT2D eigenvalue weighted by Crippen LogP contribution is 2.23. The number of methoxy groups -OCH3 is 1. The molecule has 148 valence electrons. The van der Waals surface area contributed by atoms with E-state index < -0.39 is 0 Å². The van der Waals surface area contributed by atoms with E-state index in [1.807, 2.05) is 19.1 Å². The number of rotatable bonds is 9. The van der Waals surface area contributed by atoms with Crippen molar-refractivity contribution in [1.82, 2.24) is 15.8 Å². The number of aryl methyl sites for hydroxylation is 2. The summed E-state index contributed by atoms with van der Waals surface area (Å²) in [4.78, 5) is 4.67. The van der Waals surface area contributed by atoms with Crippen molar-refractivity contribution in [3.63, 3.8) is 0 Å². The summed E-state index contributed by atoms with van der Waals surface area (Å²) in [6.45, 7) is 8.09. The van der Waals surface area contributed by atoms with Gasteiger partial charge in [0.25, 0.3) is 0 Å². The number of nitrogens with zero attached hydrogens (tertiary/aromatic N) is 2. The minimum Gasteiger partial charge on any atom is -0.508 e. The lowest BCUT2D eigenvalue weighted by molar-refractivity contribution is 0.380. The third-order valence-corrected chi connectivity index (χ3v) is 4.33. The average molecular weight is 374 g/mol. The first-order valence-corrected chi connectivity index (χ1v) is 9.47. The zero-order chi connectivity index (χ0) is 19.6. The molecule has 0 fully saturated rings. The predicted molar refractivity (Wildman–Crippen MR) is 106 cm³/mol. The molecule has 0 aliphatic rings. The van der Waals surface area contributed by atoms with Gasteiger partial charge in [0.05, 0.1) is 19.3 Å². The Labute approximate surface area is 160 Å². The molecule has 0 amide bonds. The maximum absolute atomic E-state index is 10.1. The van der Waals surface area contributed by atoms with E-state index in [9.17, 15) is 5.11 Å². The van der Waals surface area contributed by atoms with E-state index in [2.05, 4.69) is 34.6 Å². The lowest BCUT2D eigenvalue weighted by Crippen LogP contribution is -2.38. The van der Waals surface area contributed by atoms with Crippen LogP contribution in [0.5, 0.6) is 11.5 Å². The molecule has 0 saturated heterocycles.